The summed E-state index contributed by atoms with van der Waals surface area (Å²) in [5, 5.41) is 7.43. The van der Waals surface area contributed by atoms with Crippen molar-refractivity contribution in [2.45, 2.75) is 20.3 Å². The quantitative estimate of drug-likeness (QED) is 0.790. The fourth-order valence-electron chi connectivity index (χ4n) is 1.78. The molecule has 0 spiro atoms. The smallest absolute Gasteiger partial charge is 0.151 e. The second kappa shape index (κ2) is 6.82. The van der Waals surface area contributed by atoms with Crippen LogP contribution >= 0.6 is 23.2 Å². The molecule has 0 unspecified atom stereocenters. The first-order valence-electron chi connectivity index (χ1n) is 6.53. The topological polar surface area (TPSA) is 37.0 Å². The van der Waals surface area contributed by atoms with Gasteiger partial charge in [0.15, 0.2) is 5.82 Å². The van der Waals surface area contributed by atoms with Crippen molar-refractivity contribution in [3.8, 4) is 0 Å². The Kier molecular flexibility index (Phi) is 5.10. The highest BCUT2D eigenvalue weighted by Crippen LogP contribution is 2.31. The lowest BCUT2D eigenvalue weighted by atomic mass is 10.2. The van der Waals surface area contributed by atoms with Crippen LogP contribution in [0.2, 0.25) is 10.0 Å². The summed E-state index contributed by atoms with van der Waals surface area (Å²) >= 11 is 12.3. The fraction of sp³-hybridized carbons (Fsp3) is 0.267. The molecule has 0 fully saturated rings. The summed E-state index contributed by atoms with van der Waals surface area (Å²) in [4.78, 5) is 4.45. The predicted octanol–water partition coefficient (Wildman–Crippen LogP) is 5.26. The summed E-state index contributed by atoms with van der Waals surface area (Å²) in [6, 6.07) is 9.73. The Morgan fingerprint density at radius 3 is 2.55 bits per heavy atom. The summed E-state index contributed by atoms with van der Waals surface area (Å²) in [6.45, 7) is 4.94. The van der Waals surface area contributed by atoms with Gasteiger partial charge in [0, 0.05) is 12.2 Å². The summed E-state index contributed by atoms with van der Waals surface area (Å²) < 4.78 is 0. The number of nitrogens with one attached hydrogen (secondary N) is 2. The van der Waals surface area contributed by atoms with Crippen LogP contribution in [0, 0.1) is 6.92 Å². The summed E-state index contributed by atoms with van der Waals surface area (Å²) in [7, 11) is 0. The third kappa shape index (κ3) is 3.78. The van der Waals surface area contributed by atoms with Crippen molar-refractivity contribution in [3.05, 3.63) is 45.9 Å². The third-order valence-corrected chi connectivity index (χ3v) is 3.33. The third-order valence-electron chi connectivity index (χ3n) is 2.75. The number of hydrogen-bond acceptors (Lipinski definition) is 3. The molecule has 106 valence electrons. The molecule has 5 heteroatoms. The van der Waals surface area contributed by atoms with Crippen molar-refractivity contribution in [2.24, 2.45) is 0 Å². The molecule has 0 aliphatic rings. The molecule has 0 radical (unpaired) electrons. The van der Waals surface area contributed by atoms with Crippen LogP contribution in [0.15, 0.2) is 30.3 Å². The van der Waals surface area contributed by atoms with Gasteiger partial charge in [-0.15, -0.1) is 0 Å². The Labute approximate surface area is 129 Å². The molecule has 0 saturated heterocycles. The summed E-state index contributed by atoms with van der Waals surface area (Å²) in [5.41, 5.74) is 2.12. The molecule has 20 heavy (non-hydrogen) atoms. The highest BCUT2D eigenvalue weighted by atomic mass is 35.5. The summed E-state index contributed by atoms with van der Waals surface area (Å²) in [5.74, 6) is 1.24. The van der Waals surface area contributed by atoms with Crippen molar-refractivity contribution in [2.75, 3.05) is 17.2 Å². The van der Waals surface area contributed by atoms with E-state index in [4.69, 9.17) is 23.2 Å². The standard InChI is InChI=1S/C15H17Cl2N3/c1-3-7-18-14-12(16)9-13(17)15(20-14)19-11-6-4-5-10(2)8-11/h4-6,8-9H,3,7H2,1-2H3,(H2,18,19,20). The normalized spacial score (nSPS) is 10.4. The molecule has 1 heterocycles. The van der Waals surface area contributed by atoms with Crippen LogP contribution in [-0.2, 0) is 0 Å². The van der Waals surface area contributed by atoms with E-state index in [2.05, 4.69) is 22.5 Å². The van der Waals surface area contributed by atoms with Gasteiger partial charge in [-0.2, -0.15) is 0 Å². The van der Waals surface area contributed by atoms with Crippen molar-refractivity contribution in [3.63, 3.8) is 0 Å². The number of nitrogens with zero attached hydrogens (tertiary/aromatic N) is 1. The number of rotatable bonds is 5. The van der Waals surface area contributed by atoms with E-state index in [1.54, 1.807) is 6.07 Å². The Morgan fingerprint density at radius 2 is 1.85 bits per heavy atom. The van der Waals surface area contributed by atoms with Gasteiger partial charge in [0.05, 0.1) is 10.0 Å². The van der Waals surface area contributed by atoms with Gasteiger partial charge in [0.1, 0.15) is 5.82 Å². The molecule has 3 nitrogen and oxygen atoms in total. The minimum atomic E-state index is 0.499. The number of aryl methyl sites for hydroxylation is 1. The Bertz CT molecular complexity index is 600. The average molecular weight is 310 g/mol. The van der Waals surface area contributed by atoms with Crippen molar-refractivity contribution in [1.82, 2.24) is 4.98 Å². The SMILES string of the molecule is CCCNc1nc(Nc2cccc(C)c2)c(Cl)cc1Cl. The van der Waals surface area contributed by atoms with Gasteiger partial charge in [-0.1, -0.05) is 42.3 Å². The molecule has 0 aliphatic carbocycles. The number of halogens is 2. The molecule has 0 aliphatic heterocycles. The largest absolute Gasteiger partial charge is 0.369 e. The van der Waals surface area contributed by atoms with E-state index in [1.807, 2.05) is 31.2 Å². The molecule has 0 bridgehead atoms. The van der Waals surface area contributed by atoms with E-state index in [0.29, 0.717) is 21.7 Å². The zero-order valence-corrected chi connectivity index (χ0v) is 13.0. The number of benzene rings is 1. The number of aromatic nitrogens is 1. The van der Waals surface area contributed by atoms with Gasteiger partial charge < -0.3 is 10.6 Å². The van der Waals surface area contributed by atoms with Crippen molar-refractivity contribution < 1.29 is 0 Å². The maximum Gasteiger partial charge on any atom is 0.151 e. The predicted molar refractivity (Wildman–Crippen MR) is 87.5 cm³/mol. The number of pyridine rings is 1. The van der Waals surface area contributed by atoms with Crippen molar-refractivity contribution >= 4 is 40.5 Å². The van der Waals surface area contributed by atoms with Gasteiger partial charge in [0.2, 0.25) is 0 Å². The van der Waals surface area contributed by atoms with Crippen LogP contribution in [0.1, 0.15) is 18.9 Å². The molecule has 0 amide bonds. The molecule has 2 rings (SSSR count). The van der Waals surface area contributed by atoms with Gasteiger partial charge in [-0.05, 0) is 37.1 Å². The molecule has 2 N–H and O–H groups in total. The van der Waals surface area contributed by atoms with E-state index in [9.17, 15) is 0 Å². The maximum atomic E-state index is 6.19. The molecule has 2 aromatic rings. The van der Waals surface area contributed by atoms with E-state index < -0.39 is 0 Å². The maximum absolute atomic E-state index is 6.19. The van der Waals surface area contributed by atoms with Crippen LogP contribution in [0.5, 0.6) is 0 Å². The minimum absolute atomic E-state index is 0.499. The Hall–Kier alpha value is -1.45. The lowest BCUT2D eigenvalue weighted by Gasteiger charge is -2.12. The lowest BCUT2D eigenvalue weighted by molar-refractivity contribution is 0.970. The van der Waals surface area contributed by atoms with E-state index in [0.717, 1.165) is 18.7 Å². The number of anilines is 3. The monoisotopic (exact) mass is 309 g/mol. The van der Waals surface area contributed by atoms with Gasteiger partial charge >= 0.3 is 0 Å². The first-order chi connectivity index (χ1) is 9.60. The van der Waals surface area contributed by atoms with Crippen LogP contribution in [0.25, 0.3) is 0 Å². The number of hydrogen-bond donors (Lipinski definition) is 2. The molecular formula is C15H17Cl2N3. The van der Waals surface area contributed by atoms with Crippen LogP contribution in [0.3, 0.4) is 0 Å². The lowest BCUT2D eigenvalue weighted by Crippen LogP contribution is -2.05. The van der Waals surface area contributed by atoms with Gasteiger partial charge in [-0.25, -0.2) is 4.98 Å². The fourth-order valence-corrected chi connectivity index (χ4v) is 2.25. The van der Waals surface area contributed by atoms with Gasteiger partial charge in [0.25, 0.3) is 0 Å². The van der Waals surface area contributed by atoms with E-state index >= 15 is 0 Å². The first kappa shape index (κ1) is 14.9. The zero-order valence-electron chi connectivity index (χ0n) is 11.5. The van der Waals surface area contributed by atoms with E-state index in [-0.39, 0.29) is 0 Å². The van der Waals surface area contributed by atoms with E-state index in [1.165, 1.54) is 5.56 Å². The minimum Gasteiger partial charge on any atom is -0.369 e. The molecule has 0 atom stereocenters. The second-order valence-corrected chi connectivity index (χ2v) is 5.38. The molecule has 1 aromatic carbocycles. The van der Waals surface area contributed by atoms with Gasteiger partial charge in [-0.3, -0.25) is 0 Å². The van der Waals surface area contributed by atoms with Crippen LogP contribution < -0.4 is 10.6 Å². The molecule has 0 saturated carbocycles. The second-order valence-electron chi connectivity index (χ2n) is 4.57. The highest BCUT2D eigenvalue weighted by molar-refractivity contribution is 6.37. The highest BCUT2D eigenvalue weighted by Gasteiger charge is 2.09. The average Bonchev–Trinajstić information content (AvgIpc) is 2.40. The summed E-state index contributed by atoms with van der Waals surface area (Å²) in [6.07, 6.45) is 1.00. The first-order valence-corrected chi connectivity index (χ1v) is 7.29. The van der Waals surface area contributed by atoms with Crippen LogP contribution in [-0.4, -0.2) is 11.5 Å². The molecule has 1 aromatic heterocycles. The van der Waals surface area contributed by atoms with Crippen LogP contribution in [0.4, 0.5) is 17.3 Å². The van der Waals surface area contributed by atoms with Crippen molar-refractivity contribution in [1.29, 1.82) is 0 Å². The Morgan fingerprint density at radius 1 is 1.10 bits per heavy atom. The Balaban J connectivity index is 2.26. The zero-order chi connectivity index (χ0) is 14.5. The molecular weight excluding hydrogens is 293 g/mol.